The Morgan fingerprint density at radius 3 is 2.63 bits per heavy atom. The molecule has 1 amide bonds. The zero-order valence-electron chi connectivity index (χ0n) is 18.8. The Kier molecular flexibility index (Phi) is 7.90. The van der Waals surface area contributed by atoms with Crippen LogP contribution in [0.5, 0.6) is 0 Å². The minimum absolute atomic E-state index is 0.147. The number of amides is 1. The van der Waals surface area contributed by atoms with Crippen LogP contribution >= 0.6 is 0 Å². The quantitative estimate of drug-likeness (QED) is 0.630. The zero-order valence-corrected chi connectivity index (χ0v) is 18.8. The molecule has 3 rings (SSSR count). The molecule has 0 bridgehead atoms. The van der Waals surface area contributed by atoms with Crippen LogP contribution in [-0.2, 0) is 24.4 Å². The summed E-state index contributed by atoms with van der Waals surface area (Å²) in [5, 5.41) is 10.4. The van der Waals surface area contributed by atoms with Crippen LogP contribution in [0.25, 0.3) is 0 Å². The molecule has 2 aliphatic rings. The Morgan fingerprint density at radius 1 is 1.17 bits per heavy atom. The van der Waals surface area contributed by atoms with Crippen molar-refractivity contribution in [2.45, 2.75) is 77.0 Å². The van der Waals surface area contributed by atoms with Gasteiger partial charge in [-0.1, -0.05) is 19.0 Å². The third kappa shape index (κ3) is 6.51. The smallest absolute Gasteiger partial charge is 0.246 e. The lowest BCUT2D eigenvalue weighted by atomic mass is 9.90. The van der Waals surface area contributed by atoms with Crippen molar-refractivity contribution in [1.29, 1.82) is 0 Å². The molecule has 8 heteroatoms. The van der Waals surface area contributed by atoms with E-state index in [4.69, 9.17) is 18.7 Å². The Morgan fingerprint density at radius 2 is 1.93 bits per heavy atom. The third-order valence-electron chi connectivity index (χ3n) is 5.95. The molecule has 3 heterocycles. The van der Waals surface area contributed by atoms with Crippen molar-refractivity contribution in [3.63, 3.8) is 0 Å². The summed E-state index contributed by atoms with van der Waals surface area (Å²) in [4.78, 5) is 12.8. The van der Waals surface area contributed by atoms with Gasteiger partial charge in [-0.2, -0.15) is 0 Å². The van der Waals surface area contributed by atoms with Crippen molar-refractivity contribution < 1.29 is 23.5 Å². The van der Waals surface area contributed by atoms with Crippen molar-refractivity contribution >= 4 is 11.8 Å². The first-order chi connectivity index (χ1) is 14.3. The second kappa shape index (κ2) is 10.2. The van der Waals surface area contributed by atoms with Crippen molar-refractivity contribution in [3.8, 4) is 0 Å². The fourth-order valence-electron chi connectivity index (χ4n) is 3.57. The van der Waals surface area contributed by atoms with E-state index in [1.807, 2.05) is 27.7 Å². The lowest BCUT2D eigenvalue weighted by Crippen LogP contribution is -2.51. The maximum Gasteiger partial charge on any atom is 0.246 e. The maximum atomic E-state index is 12.8. The fourth-order valence-corrected chi connectivity index (χ4v) is 3.57. The molecule has 2 aliphatic heterocycles. The Labute approximate surface area is 179 Å². The molecule has 8 nitrogen and oxygen atoms in total. The first kappa shape index (κ1) is 23.2. The Balaban J connectivity index is 1.49. The highest BCUT2D eigenvalue weighted by Crippen LogP contribution is 2.27. The van der Waals surface area contributed by atoms with Crippen LogP contribution in [0.2, 0.25) is 0 Å². The molecule has 1 aromatic heterocycles. The third-order valence-corrected chi connectivity index (χ3v) is 5.95. The van der Waals surface area contributed by atoms with Gasteiger partial charge in [0.25, 0.3) is 0 Å². The molecule has 1 aromatic rings. The number of carbonyl (C=O) groups is 1. The van der Waals surface area contributed by atoms with Crippen LogP contribution in [0.4, 0.5) is 5.88 Å². The van der Waals surface area contributed by atoms with E-state index in [0.29, 0.717) is 18.4 Å². The molecule has 1 atom stereocenters. The summed E-state index contributed by atoms with van der Waals surface area (Å²) >= 11 is 0. The van der Waals surface area contributed by atoms with E-state index in [-0.39, 0.29) is 17.6 Å². The van der Waals surface area contributed by atoms with Crippen molar-refractivity contribution in [3.05, 3.63) is 11.8 Å². The fraction of sp³-hybridized carbons (Fsp3) is 0.818. The van der Waals surface area contributed by atoms with Crippen molar-refractivity contribution in [2.24, 2.45) is 5.92 Å². The highest BCUT2D eigenvalue weighted by Gasteiger charge is 2.31. The van der Waals surface area contributed by atoms with Gasteiger partial charge in [0.05, 0.1) is 17.8 Å². The Hall–Kier alpha value is -1.48. The summed E-state index contributed by atoms with van der Waals surface area (Å²) < 4.78 is 22.3. The highest BCUT2D eigenvalue weighted by atomic mass is 16.7. The van der Waals surface area contributed by atoms with Gasteiger partial charge in [-0.15, -0.1) is 0 Å². The number of anilines is 1. The topological polar surface area (TPSA) is 94.9 Å². The largest absolute Gasteiger partial charge is 0.381 e. The van der Waals surface area contributed by atoms with Crippen molar-refractivity contribution in [2.75, 3.05) is 38.3 Å². The number of carbonyl (C=O) groups excluding carboxylic acids is 1. The first-order valence-corrected chi connectivity index (χ1v) is 11.1. The molecule has 1 unspecified atom stereocenters. The highest BCUT2D eigenvalue weighted by molar-refractivity contribution is 5.96. The van der Waals surface area contributed by atoms with Crippen LogP contribution in [0.15, 0.2) is 10.6 Å². The van der Waals surface area contributed by atoms with Gasteiger partial charge in [-0.25, -0.2) is 0 Å². The molecule has 30 heavy (non-hydrogen) atoms. The second-order valence-corrected chi connectivity index (χ2v) is 9.58. The summed E-state index contributed by atoms with van der Waals surface area (Å²) in [5.74, 6) is 0.733. The molecule has 0 saturated carbocycles. The number of hydrogen-bond donors (Lipinski definition) is 2. The zero-order chi connectivity index (χ0) is 21.6. The van der Waals surface area contributed by atoms with E-state index in [9.17, 15) is 4.79 Å². The van der Waals surface area contributed by atoms with Gasteiger partial charge in [0.1, 0.15) is 0 Å². The lowest BCUT2D eigenvalue weighted by molar-refractivity contribution is -0.170. The van der Waals surface area contributed by atoms with Gasteiger partial charge in [-0.3, -0.25) is 10.1 Å². The summed E-state index contributed by atoms with van der Waals surface area (Å²) in [6.07, 6.45) is 5.05. The maximum absolute atomic E-state index is 12.8. The predicted octanol–water partition coefficient (Wildman–Crippen LogP) is 3.23. The molecule has 0 aliphatic carbocycles. The van der Waals surface area contributed by atoms with E-state index >= 15 is 0 Å². The molecular formula is C22H37N3O5. The molecule has 2 fully saturated rings. The normalized spacial score (nSPS) is 21.5. The summed E-state index contributed by atoms with van der Waals surface area (Å²) in [6, 6.07) is 1.78. The SMILES string of the molecule is CC(C)(NCC1CCOCC1)C(=O)Nc1cc(C(C)(C)COC2CCCCO2)no1. The minimum atomic E-state index is -0.720. The molecule has 2 saturated heterocycles. The molecule has 0 radical (unpaired) electrons. The van der Waals surface area contributed by atoms with E-state index in [0.717, 1.165) is 64.2 Å². The van der Waals surface area contributed by atoms with Gasteiger partial charge < -0.3 is 24.1 Å². The van der Waals surface area contributed by atoms with Crippen LogP contribution in [-0.4, -0.2) is 55.9 Å². The van der Waals surface area contributed by atoms with Gasteiger partial charge in [0.15, 0.2) is 6.29 Å². The number of rotatable bonds is 9. The van der Waals surface area contributed by atoms with Crippen LogP contribution in [0.1, 0.15) is 65.5 Å². The molecule has 2 N–H and O–H groups in total. The number of nitrogens with zero attached hydrogens (tertiary/aromatic N) is 1. The average molecular weight is 424 g/mol. The Bertz CT molecular complexity index is 676. The van der Waals surface area contributed by atoms with Gasteiger partial charge in [0, 0.05) is 31.3 Å². The summed E-state index contributed by atoms with van der Waals surface area (Å²) in [7, 11) is 0. The summed E-state index contributed by atoms with van der Waals surface area (Å²) in [5.41, 5.74) is -0.339. The summed E-state index contributed by atoms with van der Waals surface area (Å²) in [6.45, 7) is 11.4. The molecular weight excluding hydrogens is 386 g/mol. The standard InChI is InChI=1S/C22H37N3O5/c1-21(2,15-29-19-7-5-6-10-28-19)17-13-18(30-25-17)24-20(26)22(3,4)23-14-16-8-11-27-12-9-16/h13,16,19,23H,5-12,14-15H2,1-4H3,(H,24,26). The van der Waals surface area contributed by atoms with E-state index < -0.39 is 5.54 Å². The van der Waals surface area contributed by atoms with Crippen LogP contribution in [0, 0.1) is 5.92 Å². The molecule has 0 spiro atoms. The van der Waals surface area contributed by atoms with E-state index in [2.05, 4.69) is 15.8 Å². The second-order valence-electron chi connectivity index (χ2n) is 9.58. The molecule has 170 valence electrons. The van der Waals surface area contributed by atoms with E-state index in [1.54, 1.807) is 6.07 Å². The number of aromatic nitrogens is 1. The number of ether oxygens (including phenoxy) is 3. The van der Waals surface area contributed by atoms with Gasteiger partial charge in [-0.05, 0) is 58.4 Å². The number of nitrogens with one attached hydrogen (secondary N) is 2. The van der Waals surface area contributed by atoms with Gasteiger partial charge in [0.2, 0.25) is 11.8 Å². The number of hydrogen-bond acceptors (Lipinski definition) is 7. The van der Waals surface area contributed by atoms with E-state index in [1.165, 1.54) is 0 Å². The average Bonchev–Trinajstić information content (AvgIpc) is 3.22. The van der Waals surface area contributed by atoms with Gasteiger partial charge >= 0.3 is 0 Å². The monoisotopic (exact) mass is 423 g/mol. The van der Waals surface area contributed by atoms with Crippen molar-refractivity contribution in [1.82, 2.24) is 10.5 Å². The lowest BCUT2D eigenvalue weighted by Gasteiger charge is -2.29. The molecule has 0 aromatic carbocycles. The first-order valence-electron chi connectivity index (χ1n) is 11.1. The van der Waals surface area contributed by atoms with Crippen LogP contribution in [0.3, 0.4) is 0 Å². The minimum Gasteiger partial charge on any atom is -0.381 e. The predicted molar refractivity (Wildman–Crippen MR) is 113 cm³/mol. The van der Waals surface area contributed by atoms with Crippen LogP contribution < -0.4 is 10.6 Å².